The van der Waals surface area contributed by atoms with Gasteiger partial charge >= 0.3 is 0 Å². The molecule has 0 spiro atoms. The van der Waals surface area contributed by atoms with Gasteiger partial charge in [-0.15, -0.1) is 0 Å². The average Bonchev–Trinajstić information content (AvgIpc) is 2.32. The minimum atomic E-state index is 0.416. The summed E-state index contributed by atoms with van der Waals surface area (Å²) < 4.78 is 6.30. The number of nitrogens with one attached hydrogen (secondary N) is 1. The first-order valence-electron chi connectivity index (χ1n) is 6.10. The number of hydrogen-bond donors (Lipinski definition) is 1. The summed E-state index contributed by atoms with van der Waals surface area (Å²) in [7, 11) is 1.78. The van der Waals surface area contributed by atoms with Crippen LogP contribution in [0.5, 0.6) is 0 Å². The zero-order valence-corrected chi connectivity index (χ0v) is 11.8. The summed E-state index contributed by atoms with van der Waals surface area (Å²) in [5.41, 5.74) is 2.14. The molecule has 1 fully saturated rings. The van der Waals surface area contributed by atoms with Crippen LogP contribution in [-0.2, 0) is 4.74 Å². The van der Waals surface area contributed by atoms with Gasteiger partial charge in [-0.2, -0.15) is 0 Å². The molecule has 0 saturated heterocycles. The highest BCUT2D eigenvalue weighted by atomic mass is 79.9. The Balaban J connectivity index is 1.84. The van der Waals surface area contributed by atoms with Gasteiger partial charge < -0.3 is 10.1 Å². The van der Waals surface area contributed by atoms with Crippen LogP contribution in [0.15, 0.2) is 34.9 Å². The molecule has 3 rings (SSSR count). The quantitative estimate of drug-likeness (QED) is 0.941. The number of rotatable bonds is 3. The number of halogens is 1. The molecular weight excluding hydrogens is 292 g/mol. The van der Waals surface area contributed by atoms with Crippen LogP contribution < -0.4 is 5.32 Å². The van der Waals surface area contributed by atoms with Crippen LogP contribution in [0, 0.1) is 0 Å². The Hall–Kier alpha value is -1.13. The van der Waals surface area contributed by atoms with E-state index in [9.17, 15) is 0 Å². The molecule has 0 bridgehead atoms. The van der Waals surface area contributed by atoms with Crippen LogP contribution in [0.4, 0.5) is 5.69 Å². The van der Waals surface area contributed by atoms with Crippen molar-refractivity contribution in [3.8, 4) is 0 Å². The predicted molar refractivity (Wildman–Crippen MR) is 76.9 cm³/mol. The Labute approximate surface area is 115 Å². The van der Waals surface area contributed by atoms with Crippen LogP contribution in [-0.4, -0.2) is 24.2 Å². The molecule has 0 unspecified atom stereocenters. The average molecular weight is 307 g/mol. The molecule has 3 nitrogen and oxygen atoms in total. The maximum Gasteiger partial charge on any atom is 0.0934 e. The van der Waals surface area contributed by atoms with Crippen molar-refractivity contribution in [3.05, 3.63) is 34.9 Å². The van der Waals surface area contributed by atoms with Gasteiger partial charge in [0.1, 0.15) is 0 Å². The highest BCUT2D eigenvalue weighted by Crippen LogP contribution is 2.30. The first kappa shape index (κ1) is 11.9. The highest BCUT2D eigenvalue weighted by molar-refractivity contribution is 9.10. The number of fused-ring (bicyclic) bond motifs is 1. The first-order valence-corrected chi connectivity index (χ1v) is 6.89. The number of anilines is 1. The molecule has 0 atom stereocenters. The van der Waals surface area contributed by atoms with Gasteiger partial charge in [-0.1, -0.05) is 12.1 Å². The summed E-state index contributed by atoms with van der Waals surface area (Å²) >= 11 is 3.45. The van der Waals surface area contributed by atoms with E-state index < -0.39 is 0 Å². The van der Waals surface area contributed by atoms with Gasteiger partial charge in [0, 0.05) is 29.2 Å². The van der Waals surface area contributed by atoms with Crippen molar-refractivity contribution >= 4 is 32.5 Å². The molecule has 2 aromatic rings. The standard InChI is InChI=1S/C14H15BrN2O/c1-18-12-6-11(7-12)17-13-4-2-3-9-5-10(15)8-16-14(9)13/h2-5,8,11-12,17H,6-7H2,1H3. The number of benzene rings is 1. The fourth-order valence-corrected chi connectivity index (χ4v) is 2.70. The molecular formula is C14H15BrN2O. The summed E-state index contributed by atoms with van der Waals surface area (Å²) in [6.07, 6.45) is 4.40. The Morgan fingerprint density at radius 3 is 3.00 bits per heavy atom. The Morgan fingerprint density at radius 2 is 2.22 bits per heavy atom. The van der Waals surface area contributed by atoms with Crippen molar-refractivity contribution in [2.75, 3.05) is 12.4 Å². The molecule has 1 saturated carbocycles. The minimum absolute atomic E-state index is 0.416. The lowest BCUT2D eigenvalue weighted by molar-refractivity contribution is 0.0329. The zero-order chi connectivity index (χ0) is 12.5. The normalized spacial score (nSPS) is 22.8. The zero-order valence-electron chi connectivity index (χ0n) is 10.2. The van der Waals surface area contributed by atoms with Crippen molar-refractivity contribution in [2.24, 2.45) is 0 Å². The number of methoxy groups -OCH3 is 1. The van der Waals surface area contributed by atoms with E-state index in [1.54, 1.807) is 7.11 Å². The van der Waals surface area contributed by atoms with E-state index in [4.69, 9.17) is 4.74 Å². The maximum absolute atomic E-state index is 5.30. The van der Waals surface area contributed by atoms with Gasteiger partial charge in [-0.3, -0.25) is 4.98 Å². The van der Waals surface area contributed by atoms with Gasteiger partial charge in [-0.25, -0.2) is 0 Å². The SMILES string of the molecule is COC1CC(Nc2cccc3cc(Br)cnc23)C1. The molecule has 1 aromatic carbocycles. The van der Waals surface area contributed by atoms with Gasteiger partial charge in [0.2, 0.25) is 0 Å². The highest BCUT2D eigenvalue weighted by Gasteiger charge is 2.29. The first-order chi connectivity index (χ1) is 8.76. The molecule has 0 aliphatic heterocycles. The summed E-state index contributed by atoms with van der Waals surface area (Å²) in [4.78, 5) is 4.49. The lowest BCUT2D eigenvalue weighted by Gasteiger charge is -2.35. The summed E-state index contributed by atoms with van der Waals surface area (Å²) in [6.45, 7) is 0. The fourth-order valence-electron chi connectivity index (χ4n) is 2.35. The molecule has 1 aromatic heterocycles. The number of aromatic nitrogens is 1. The van der Waals surface area contributed by atoms with Crippen molar-refractivity contribution in [3.63, 3.8) is 0 Å². The molecule has 0 amide bonds. The molecule has 1 aliphatic rings. The van der Waals surface area contributed by atoms with Crippen LogP contribution >= 0.6 is 15.9 Å². The van der Waals surface area contributed by atoms with E-state index in [0.717, 1.165) is 33.9 Å². The van der Waals surface area contributed by atoms with E-state index in [1.165, 1.54) is 0 Å². The number of ether oxygens (including phenoxy) is 1. The van der Waals surface area contributed by atoms with Crippen LogP contribution in [0.1, 0.15) is 12.8 Å². The molecule has 1 aliphatic carbocycles. The van der Waals surface area contributed by atoms with Gasteiger partial charge in [0.25, 0.3) is 0 Å². The minimum Gasteiger partial charge on any atom is -0.381 e. The topological polar surface area (TPSA) is 34.1 Å². The third-order valence-corrected chi connectivity index (χ3v) is 3.90. The van der Waals surface area contributed by atoms with Crippen LogP contribution in [0.3, 0.4) is 0 Å². The number of para-hydroxylation sites is 1. The molecule has 18 heavy (non-hydrogen) atoms. The van der Waals surface area contributed by atoms with Gasteiger partial charge in [0.15, 0.2) is 0 Å². The Kier molecular flexibility index (Phi) is 3.22. The van der Waals surface area contributed by atoms with Gasteiger partial charge in [-0.05, 0) is 40.9 Å². The third kappa shape index (κ3) is 2.22. The van der Waals surface area contributed by atoms with Gasteiger partial charge in [0.05, 0.1) is 17.3 Å². The van der Waals surface area contributed by atoms with Crippen molar-refractivity contribution in [1.82, 2.24) is 4.98 Å². The smallest absolute Gasteiger partial charge is 0.0934 e. The second-order valence-electron chi connectivity index (χ2n) is 4.70. The van der Waals surface area contributed by atoms with E-state index in [1.807, 2.05) is 6.20 Å². The third-order valence-electron chi connectivity index (χ3n) is 3.47. The van der Waals surface area contributed by atoms with Crippen molar-refractivity contribution < 1.29 is 4.74 Å². The number of hydrogen-bond acceptors (Lipinski definition) is 3. The largest absolute Gasteiger partial charge is 0.381 e. The summed E-state index contributed by atoms with van der Waals surface area (Å²) in [5, 5.41) is 4.70. The molecule has 0 radical (unpaired) electrons. The van der Waals surface area contributed by atoms with E-state index in [0.29, 0.717) is 12.1 Å². The predicted octanol–water partition coefficient (Wildman–Crippen LogP) is 3.59. The molecule has 4 heteroatoms. The van der Waals surface area contributed by atoms with E-state index in [-0.39, 0.29) is 0 Å². The lowest BCUT2D eigenvalue weighted by Crippen LogP contribution is -2.40. The Bertz CT molecular complexity index is 567. The van der Waals surface area contributed by atoms with E-state index in [2.05, 4.69) is 50.5 Å². The summed E-state index contributed by atoms with van der Waals surface area (Å²) in [6, 6.07) is 8.82. The fraction of sp³-hybridized carbons (Fsp3) is 0.357. The van der Waals surface area contributed by atoms with Crippen LogP contribution in [0.25, 0.3) is 10.9 Å². The second kappa shape index (κ2) is 4.86. The van der Waals surface area contributed by atoms with E-state index >= 15 is 0 Å². The maximum atomic E-state index is 5.30. The lowest BCUT2D eigenvalue weighted by atomic mass is 9.89. The number of nitrogens with zero attached hydrogens (tertiary/aromatic N) is 1. The Morgan fingerprint density at radius 1 is 1.39 bits per heavy atom. The molecule has 1 N–H and O–H groups in total. The summed E-state index contributed by atoms with van der Waals surface area (Å²) in [5.74, 6) is 0. The van der Waals surface area contributed by atoms with Crippen molar-refractivity contribution in [1.29, 1.82) is 0 Å². The monoisotopic (exact) mass is 306 g/mol. The molecule has 1 heterocycles. The molecule has 94 valence electrons. The number of pyridine rings is 1. The van der Waals surface area contributed by atoms with Crippen molar-refractivity contribution in [2.45, 2.75) is 25.0 Å². The second-order valence-corrected chi connectivity index (χ2v) is 5.62. The van der Waals surface area contributed by atoms with Crippen LogP contribution in [0.2, 0.25) is 0 Å².